The third-order valence-electron chi connectivity index (χ3n) is 2.89. The smallest absolute Gasteiger partial charge is 0.412 e. The Kier molecular flexibility index (Phi) is 7.05. The number of carbonyl (C=O) groups excluding carboxylic acids is 2. The largest absolute Gasteiger partial charge is 0.444 e. The van der Waals surface area contributed by atoms with Crippen molar-refractivity contribution < 1.29 is 14.3 Å². The van der Waals surface area contributed by atoms with E-state index in [1.807, 2.05) is 13.8 Å². The molecule has 0 saturated carbocycles. The summed E-state index contributed by atoms with van der Waals surface area (Å²) in [7, 11) is 0. The molecule has 1 aromatic carbocycles. The summed E-state index contributed by atoms with van der Waals surface area (Å²) in [6.45, 7) is 10.9. The van der Waals surface area contributed by atoms with E-state index in [0.29, 0.717) is 11.4 Å². The summed E-state index contributed by atoms with van der Waals surface area (Å²) in [6, 6.07) is 7.11. The first-order valence-corrected chi connectivity index (χ1v) is 8.46. The molecule has 25 heavy (non-hydrogen) atoms. The molecule has 2 N–H and O–H groups in total. The second-order valence-corrected chi connectivity index (χ2v) is 8.64. The zero-order valence-corrected chi connectivity index (χ0v) is 16.5. The second-order valence-electron chi connectivity index (χ2n) is 7.43. The minimum Gasteiger partial charge on any atom is -0.444 e. The predicted octanol–water partition coefficient (Wildman–Crippen LogP) is 3.97. The molecular weight excluding hydrogens is 338 g/mol. The maximum Gasteiger partial charge on any atom is 0.412 e. The summed E-state index contributed by atoms with van der Waals surface area (Å²) in [5.74, 6) is -0.192. The van der Waals surface area contributed by atoms with Gasteiger partial charge in [-0.05, 0) is 45.4 Å². The summed E-state index contributed by atoms with van der Waals surface area (Å²) >= 11 is 4.32. The molecule has 0 heterocycles. The first kappa shape index (κ1) is 21.0. The molecule has 0 bridgehead atoms. The number of nitrogens with one attached hydrogen (secondary N) is 2. The molecule has 6 nitrogen and oxygen atoms in total. The van der Waals surface area contributed by atoms with Gasteiger partial charge >= 0.3 is 6.09 Å². The van der Waals surface area contributed by atoms with Crippen LogP contribution in [-0.2, 0) is 9.53 Å². The van der Waals surface area contributed by atoms with E-state index in [2.05, 4.69) is 28.5 Å². The standard InChI is InChI=1S/C18H27N3O3S/c1-12(20-21-15(22)11-18(5,6)25)13-7-9-14(10-8-13)19-16(23)24-17(2,3)4/h7-10,25H,11H2,1-6H3,(H,19,23)(H,21,22)/b20-12+. The molecule has 1 rings (SSSR count). The van der Waals surface area contributed by atoms with Crippen molar-refractivity contribution >= 4 is 36.0 Å². The van der Waals surface area contributed by atoms with Crippen molar-refractivity contribution in [1.29, 1.82) is 0 Å². The third-order valence-corrected chi connectivity index (χ3v) is 3.05. The summed E-state index contributed by atoms with van der Waals surface area (Å²) in [6.07, 6.45) is -0.238. The van der Waals surface area contributed by atoms with Crippen LogP contribution in [0.15, 0.2) is 29.4 Å². The highest BCUT2D eigenvalue weighted by atomic mass is 32.1. The summed E-state index contributed by atoms with van der Waals surface area (Å²) < 4.78 is 4.81. The van der Waals surface area contributed by atoms with Crippen LogP contribution < -0.4 is 10.7 Å². The fourth-order valence-electron chi connectivity index (χ4n) is 1.86. The summed E-state index contributed by atoms with van der Waals surface area (Å²) in [5.41, 5.74) is 4.08. The normalized spacial score (nSPS) is 12.5. The van der Waals surface area contributed by atoms with Gasteiger partial charge in [0.15, 0.2) is 0 Å². The van der Waals surface area contributed by atoms with Crippen LogP contribution in [0.3, 0.4) is 0 Å². The Labute approximate surface area is 154 Å². The van der Waals surface area contributed by atoms with Gasteiger partial charge in [0.25, 0.3) is 0 Å². The van der Waals surface area contributed by atoms with Crippen LogP contribution >= 0.6 is 12.6 Å². The average Bonchev–Trinajstić information content (AvgIpc) is 2.41. The van der Waals surface area contributed by atoms with E-state index in [-0.39, 0.29) is 17.1 Å². The Bertz CT molecular complexity index is 641. The highest BCUT2D eigenvalue weighted by molar-refractivity contribution is 7.81. The van der Waals surface area contributed by atoms with Crippen LogP contribution in [0.2, 0.25) is 0 Å². The molecule has 0 aliphatic carbocycles. The monoisotopic (exact) mass is 365 g/mol. The molecule has 0 aliphatic rings. The zero-order valence-electron chi connectivity index (χ0n) is 15.6. The number of thiol groups is 1. The van der Waals surface area contributed by atoms with E-state index in [4.69, 9.17) is 4.74 Å². The lowest BCUT2D eigenvalue weighted by molar-refractivity contribution is -0.121. The fraction of sp³-hybridized carbons (Fsp3) is 0.500. The molecular formula is C18H27N3O3S. The van der Waals surface area contributed by atoms with E-state index >= 15 is 0 Å². The predicted molar refractivity (Wildman–Crippen MR) is 104 cm³/mol. The molecule has 1 aromatic rings. The molecule has 0 radical (unpaired) electrons. The Morgan fingerprint density at radius 3 is 2.16 bits per heavy atom. The fourth-order valence-corrected chi connectivity index (χ4v) is 2.00. The molecule has 7 heteroatoms. The van der Waals surface area contributed by atoms with Crippen molar-refractivity contribution in [2.45, 2.75) is 58.3 Å². The highest BCUT2D eigenvalue weighted by Crippen LogP contribution is 2.16. The van der Waals surface area contributed by atoms with Crippen molar-refractivity contribution in [1.82, 2.24) is 5.43 Å². The van der Waals surface area contributed by atoms with E-state index in [9.17, 15) is 9.59 Å². The molecule has 138 valence electrons. The van der Waals surface area contributed by atoms with E-state index in [0.717, 1.165) is 5.56 Å². The van der Waals surface area contributed by atoms with Crippen LogP contribution in [-0.4, -0.2) is 28.1 Å². The Morgan fingerprint density at radius 2 is 1.68 bits per heavy atom. The Morgan fingerprint density at radius 1 is 1.12 bits per heavy atom. The van der Waals surface area contributed by atoms with Crippen molar-refractivity contribution in [3.05, 3.63) is 29.8 Å². The molecule has 0 saturated heterocycles. The molecule has 0 fully saturated rings. The number of hydrogen-bond donors (Lipinski definition) is 3. The first-order valence-electron chi connectivity index (χ1n) is 8.02. The van der Waals surface area contributed by atoms with Gasteiger partial charge in [0.2, 0.25) is 5.91 Å². The Hall–Kier alpha value is -2.02. The molecule has 0 aromatic heterocycles. The van der Waals surface area contributed by atoms with E-state index in [1.165, 1.54) is 0 Å². The third kappa shape index (κ3) is 9.14. The highest BCUT2D eigenvalue weighted by Gasteiger charge is 2.17. The second kappa shape index (κ2) is 8.38. The minimum atomic E-state index is -0.549. The number of rotatable bonds is 5. The Balaban J connectivity index is 2.64. The number of ether oxygens (including phenoxy) is 1. The SMILES string of the molecule is C/C(=N\NC(=O)CC(C)(C)S)c1ccc(NC(=O)OC(C)(C)C)cc1. The van der Waals surface area contributed by atoms with Crippen LogP contribution in [0.5, 0.6) is 0 Å². The van der Waals surface area contributed by atoms with Gasteiger partial charge in [-0.1, -0.05) is 26.0 Å². The maximum atomic E-state index is 11.8. The lowest BCUT2D eigenvalue weighted by atomic mass is 10.1. The van der Waals surface area contributed by atoms with Gasteiger partial charge in [0, 0.05) is 16.9 Å². The van der Waals surface area contributed by atoms with Gasteiger partial charge in [0.05, 0.1) is 5.71 Å². The van der Waals surface area contributed by atoms with Crippen molar-refractivity contribution in [3.63, 3.8) is 0 Å². The number of hydrazone groups is 1. The molecule has 2 amide bonds. The number of nitrogens with zero attached hydrogens (tertiary/aromatic N) is 1. The lowest BCUT2D eigenvalue weighted by Gasteiger charge is -2.19. The van der Waals surface area contributed by atoms with Gasteiger partial charge in [0.1, 0.15) is 5.60 Å². The van der Waals surface area contributed by atoms with Crippen LogP contribution in [0, 0.1) is 0 Å². The number of benzene rings is 1. The van der Waals surface area contributed by atoms with Gasteiger partial charge in [-0.25, -0.2) is 10.2 Å². The van der Waals surface area contributed by atoms with Crippen molar-refractivity contribution in [2.75, 3.05) is 5.32 Å². The van der Waals surface area contributed by atoms with Gasteiger partial charge in [-0.2, -0.15) is 17.7 Å². The summed E-state index contributed by atoms with van der Waals surface area (Å²) in [4.78, 5) is 23.5. The van der Waals surface area contributed by atoms with Crippen molar-refractivity contribution in [2.24, 2.45) is 5.10 Å². The average molecular weight is 365 g/mol. The summed E-state index contributed by atoms with van der Waals surface area (Å²) in [5, 5.41) is 6.75. The van der Waals surface area contributed by atoms with Gasteiger partial charge < -0.3 is 4.74 Å². The first-order chi connectivity index (χ1) is 11.4. The quantitative estimate of drug-likeness (QED) is 0.419. The minimum absolute atomic E-state index is 0.192. The maximum absolute atomic E-state index is 11.8. The zero-order chi connectivity index (χ0) is 19.3. The van der Waals surface area contributed by atoms with Gasteiger partial charge in [-0.15, -0.1) is 0 Å². The van der Waals surface area contributed by atoms with E-state index in [1.54, 1.807) is 52.0 Å². The molecule has 0 aliphatic heterocycles. The van der Waals surface area contributed by atoms with Crippen LogP contribution in [0.25, 0.3) is 0 Å². The van der Waals surface area contributed by atoms with E-state index < -0.39 is 11.7 Å². The topological polar surface area (TPSA) is 79.8 Å². The molecule has 0 unspecified atom stereocenters. The van der Waals surface area contributed by atoms with Crippen molar-refractivity contribution in [3.8, 4) is 0 Å². The number of anilines is 1. The number of amides is 2. The van der Waals surface area contributed by atoms with Crippen LogP contribution in [0.4, 0.5) is 10.5 Å². The number of carbonyl (C=O) groups is 2. The lowest BCUT2D eigenvalue weighted by Crippen LogP contribution is -2.27. The van der Waals surface area contributed by atoms with Gasteiger partial charge in [-0.3, -0.25) is 10.1 Å². The van der Waals surface area contributed by atoms with Crippen LogP contribution in [0.1, 0.15) is 53.5 Å². The number of hydrogen-bond acceptors (Lipinski definition) is 5. The molecule has 0 atom stereocenters. The molecule has 0 spiro atoms.